The summed E-state index contributed by atoms with van der Waals surface area (Å²) in [6.45, 7) is 2.88. The van der Waals surface area contributed by atoms with Crippen molar-refractivity contribution < 1.29 is 9.90 Å². The van der Waals surface area contributed by atoms with Gasteiger partial charge in [-0.25, -0.2) is 0 Å². The quantitative estimate of drug-likeness (QED) is 0.828. The summed E-state index contributed by atoms with van der Waals surface area (Å²) in [5, 5.41) is 12.5. The van der Waals surface area contributed by atoms with Crippen LogP contribution in [0, 0.1) is 8.99 Å². The molecule has 0 spiro atoms. The van der Waals surface area contributed by atoms with E-state index >= 15 is 0 Å². The average Bonchev–Trinajstić information content (AvgIpc) is 2.26. The maximum absolute atomic E-state index is 11.9. The first-order chi connectivity index (χ1) is 8.00. The van der Waals surface area contributed by atoms with E-state index in [9.17, 15) is 9.90 Å². The molecule has 0 saturated heterocycles. The molecule has 1 aromatic rings. The van der Waals surface area contributed by atoms with Gasteiger partial charge < -0.3 is 10.4 Å². The van der Waals surface area contributed by atoms with Gasteiger partial charge in [-0.2, -0.15) is 0 Å². The van der Waals surface area contributed by atoms with Crippen LogP contribution in [0.15, 0.2) is 18.2 Å². The molecule has 0 radical (unpaired) electrons. The van der Waals surface area contributed by atoms with Gasteiger partial charge in [0.25, 0.3) is 5.91 Å². The number of hydrogen-bond acceptors (Lipinski definition) is 2. The highest BCUT2D eigenvalue weighted by Crippen LogP contribution is 2.39. The predicted octanol–water partition coefficient (Wildman–Crippen LogP) is 2.92. The van der Waals surface area contributed by atoms with Crippen LogP contribution in [0.25, 0.3) is 0 Å². The fraction of sp³-hybridized carbons (Fsp3) is 0.462. The lowest BCUT2D eigenvalue weighted by Gasteiger charge is -2.38. The fourth-order valence-corrected chi connectivity index (χ4v) is 2.53. The highest BCUT2D eigenvalue weighted by atomic mass is 127. The number of phenolic OH excluding ortho intramolecular Hbond substituents is 1. The average molecular weight is 345 g/mol. The summed E-state index contributed by atoms with van der Waals surface area (Å²) >= 11 is 2.13. The molecule has 0 unspecified atom stereocenters. The highest BCUT2D eigenvalue weighted by molar-refractivity contribution is 14.1. The van der Waals surface area contributed by atoms with E-state index < -0.39 is 0 Å². The number of amides is 1. The molecule has 4 heteroatoms. The van der Waals surface area contributed by atoms with Gasteiger partial charge in [0, 0.05) is 10.1 Å². The minimum absolute atomic E-state index is 0.0432. The van der Waals surface area contributed by atoms with Crippen LogP contribution in [-0.2, 0) is 0 Å². The Hall–Kier alpha value is -0.780. The van der Waals surface area contributed by atoms with E-state index in [1.54, 1.807) is 18.2 Å². The largest absolute Gasteiger partial charge is 0.507 e. The monoisotopic (exact) mass is 345 g/mol. The molecule has 0 atom stereocenters. The van der Waals surface area contributed by atoms with Crippen LogP contribution in [0.4, 0.5) is 0 Å². The van der Waals surface area contributed by atoms with Crippen LogP contribution >= 0.6 is 22.6 Å². The van der Waals surface area contributed by atoms with Crippen LogP contribution in [0.2, 0.25) is 0 Å². The van der Waals surface area contributed by atoms with Gasteiger partial charge in [0.2, 0.25) is 0 Å². The second kappa shape index (κ2) is 4.84. The van der Waals surface area contributed by atoms with Gasteiger partial charge in [0.05, 0.1) is 5.56 Å². The molecule has 0 aromatic heterocycles. The fourth-order valence-electron chi connectivity index (χ4n) is 2.04. The summed E-state index contributed by atoms with van der Waals surface area (Å²) in [6.07, 6.45) is 3.60. The van der Waals surface area contributed by atoms with Crippen molar-refractivity contribution in [2.24, 2.45) is 5.41 Å². The second-order valence-electron chi connectivity index (χ2n) is 5.01. The van der Waals surface area contributed by atoms with Crippen molar-refractivity contribution in [3.05, 3.63) is 27.3 Å². The maximum Gasteiger partial charge on any atom is 0.255 e. The second-order valence-corrected chi connectivity index (χ2v) is 6.25. The predicted molar refractivity (Wildman–Crippen MR) is 75.1 cm³/mol. The lowest BCUT2D eigenvalue weighted by molar-refractivity contribution is 0.0888. The molecule has 0 aliphatic heterocycles. The van der Waals surface area contributed by atoms with Gasteiger partial charge in [-0.3, -0.25) is 4.79 Å². The molecule has 1 amide bonds. The molecule has 1 aliphatic carbocycles. The van der Waals surface area contributed by atoms with Crippen molar-refractivity contribution in [1.82, 2.24) is 5.32 Å². The first kappa shape index (κ1) is 12.7. The van der Waals surface area contributed by atoms with Crippen molar-refractivity contribution in [2.75, 3.05) is 6.54 Å². The number of benzene rings is 1. The van der Waals surface area contributed by atoms with Crippen LogP contribution in [0.3, 0.4) is 0 Å². The molecule has 17 heavy (non-hydrogen) atoms. The van der Waals surface area contributed by atoms with Crippen LogP contribution in [-0.4, -0.2) is 17.6 Å². The molecule has 0 heterocycles. The van der Waals surface area contributed by atoms with E-state index in [-0.39, 0.29) is 17.1 Å². The highest BCUT2D eigenvalue weighted by Gasteiger charge is 2.32. The zero-order chi connectivity index (χ0) is 12.5. The number of hydrogen-bond donors (Lipinski definition) is 2. The van der Waals surface area contributed by atoms with E-state index in [0.29, 0.717) is 12.1 Å². The van der Waals surface area contributed by atoms with Crippen LogP contribution in [0.5, 0.6) is 5.75 Å². The third-order valence-corrected chi connectivity index (χ3v) is 4.11. The topological polar surface area (TPSA) is 49.3 Å². The van der Waals surface area contributed by atoms with Gasteiger partial charge in [0.1, 0.15) is 5.75 Å². The normalized spacial score (nSPS) is 17.3. The lowest BCUT2D eigenvalue weighted by atomic mass is 9.70. The van der Waals surface area contributed by atoms with Crippen molar-refractivity contribution in [3.8, 4) is 5.75 Å². The molecule has 1 aliphatic rings. The van der Waals surface area contributed by atoms with Crippen LogP contribution in [0.1, 0.15) is 36.5 Å². The number of rotatable bonds is 3. The van der Waals surface area contributed by atoms with E-state index in [4.69, 9.17) is 0 Å². The number of halogens is 1. The standard InChI is InChI=1S/C13H16INO2/c1-13(5-2-6-13)8-15-12(17)10-7-9(14)3-4-11(10)16/h3-4,7,16H,2,5-6,8H2,1H3,(H,15,17). The molecule has 0 bridgehead atoms. The third kappa shape index (κ3) is 2.91. The zero-order valence-corrected chi connectivity index (χ0v) is 12.0. The summed E-state index contributed by atoms with van der Waals surface area (Å²) < 4.78 is 0.945. The summed E-state index contributed by atoms with van der Waals surface area (Å²) in [7, 11) is 0. The van der Waals surface area contributed by atoms with Gasteiger partial charge in [-0.1, -0.05) is 13.3 Å². The molecular weight excluding hydrogens is 329 g/mol. The van der Waals surface area contributed by atoms with Crippen molar-refractivity contribution in [2.45, 2.75) is 26.2 Å². The van der Waals surface area contributed by atoms with Gasteiger partial charge in [-0.05, 0) is 59.0 Å². The Kier molecular flexibility index (Phi) is 3.61. The Morgan fingerprint density at radius 3 is 2.82 bits per heavy atom. The summed E-state index contributed by atoms with van der Waals surface area (Å²) in [5.41, 5.74) is 0.618. The number of nitrogens with one attached hydrogen (secondary N) is 1. The van der Waals surface area contributed by atoms with E-state index in [0.717, 1.165) is 3.57 Å². The minimum atomic E-state index is -0.186. The van der Waals surface area contributed by atoms with Crippen molar-refractivity contribution >= 4 is 28.5 Å². The first-order valence-corrected chi connectivity index (χ1v) is 6.85. The molecule has 2 N–H and O–H groups in total. The zero-order valence-electron chi connectivity index (χ0n) is 9.79. The van der Waals surface area contributed by atoms with E-state index in [1.807, 2.05) is 0 Å². The smallest absolute Gasteiger partial charge is 0.255 e. The van der Waals surface area contributed by atoms with Gasteiger partial charge >= 0.3 is 0 Å². The minimum Gasteiger partial charge on any atom is -0.507 e. The molecule has 92 valence electrons. The molecule has 1 fully saturated rings. The molecule has 1 aromatic carbocycles. The van der Waals surface area contributed by atoms with E-state index in [1.165, 1.54) is 19.3 Å². The Bertz CT molecular complexity index is 441. The Labute approximate surface area is 115 Å². The first-order valence-electron chi connectivity index (χ1n) is 5.77. The number of carbonyl (C=O) groups excluding carboxylic acids is 1. The molecule has 1 saturated carbocycles. The van der Waals surface area contributed by atoms with Crippen molar-refractivity contribution in [1.29, 1.82) is 0 Å². The molecule has 2 rings (SSSR count). The number of aromatic hydroxyl groups is 1. The number of carbonyl (C=O) groups is 1. The Morgan fingerprint density at radius 1 is 1.53 bits per heavy atom. The summed E-state index contributed by atoms with van der Waals surface area (Å²) in [6, 6.07) is 5.04. The Morgan fingerprint density at radius 2 is 2.24 bits per heavy atom. The van der Waals surface area contributed by atoms with Crippen molar-refractivity contribution in [3.63, 3.8) is 0 Å². The van der Waals surface area contributed by atoms with E-state index in [2.05, 4.69) is 34.8 Å². The van der Waals surface area contributed by atoms with Crippen LogP contribution < -0.4 is 5.32 Å². The number of phenols is 1. The summed E-state index contributed by atoms with van der Waals surface area (Å²) in [4.78, 5) is 11.9. The molecule has 3 nitrogen and oxygen atoms in total. The third-order valence-electron chi connectivity index (χ3n) is 3.44. The van der Waals surface area contributed by atoms with Gasteiger partial charge in [0.15, 0.2) is 0 Å². The lowest BCUT2D eigenvalue weighted by Crippen LogP contribution is -2.39. The maximum atomic E-state index is 11.9. The van der Waals surface area contributed by atoms with Gasteiger partial charge in [-0.15, -0.1) is 0 Å². The molecular formula is C13H16INO2. The Balaban J connectivity index is 2.01. The SMILES string of the molecule is CC1(CNC(=O)c2cc(I)ccc2O)CCC1. The summed E-state index contributed by atoms with van der Waals surface area (Å²) in [5.74, 6) is -0.143.